The van der Waals surface area contributed by atoms with Crippen molar-refractivity contribution in [3.05, 3.63) is 0 Å². The number of Topliss-reactive ketones (excluding diaryl/α,β-unsaturated/α-hetero) is 2. The lowest BCUT2D eigenvalue weighted by Gasteiger charge is -2.31. The maximum absolute atomic E-state index is 13.1. The van der Waals surface area contributed by atoms with E-state index in [1.807, 2.05) is 0 Å². The summed E-state index contributed by atoms with van der Waals surface area (Å²) in [6.07, 6.45) is -9.92. The number of halogens is 12. The van der Waals surface area contributed by atoms with Crippen LogP contribution in [0.2, 0.25) is 0 Å². The van der Waals surface area contributed by atoms with Gasteiger partial charge in [0, 0.05) is 4.53 Å². The summed E-state index contributed by atoms with van der Waals surface area (Å²) in [5, 5.41) is 0. The van der Waals surface area contributed by atoms with Crippen LogP contribution in [0.25, 0.3) is 0 Å². The van der Waals surface area contributed by atoms with E-state index in [9.17, 15) is 67.2 Å². The minimum Gasteiger partial charge on any atom is -0.290 e. The zero-order valence-corrected chi connectivity index (χ0v) is 10.8. The highest BCUT2D eigenvalue weighted by Gasteiger charge is 2.79. The molecule has 16 heteroatoms. The van der Waals surface area contributed by atoms with Gasteiger partial charge in [-0.3, -0.25) is 9.59 Å². The molecule has 25 heavy (non-hydrogen) atoms. The molecule has 1 unspecified atom stereocenters. The predicted octanol–water partition coefficient (Wildman–Crippen LogP) is 2.70. The van der Waals surface area contributed by atoms with E-state index in [1.54, 1.807) is 4.94 Å². The van der Waals surface area contributed by atoms with E-state index in [0.29, 0.717) is 0 Å². The SMILES string of the molecule is O=C(C(F)F)C(F)C(F)(F)C(F)(F)C(=O)C(F)(F)C(F)(F)C(=O)OF. The summed E-state index contributed by atoms with van der Waals surface area (Å²) in [4.78, 5) is 32.5. The van der Waals surface area contributed by atoms with Crippen LogP contribution >= 0.6 is 0 Å². The van der Waals surface area contributed by atoms with Crippen molar-refractivity contribution in [1.82, 2.24) is 0 Å². The van der Waals surface area contributed by atoms with Gasteiger partial charge in [0.25, 0.3) is 12.2 Å². The van der Waals surface area contributed by atoms with E-state index in [-0.39, 0.29) is 0 Å². The highest BCUT2D eigenvalue weighted by Crippen LogP contribution is 2.47. The predicted molar refractivity (Wildman–Crippen MR) is 47.9 cm³/mol. The Morgan fingerprint density at radius 1 is 0.720 bits per heavy atom. The molecule has 0 bridgehead atoms. The lowest BCUT2D eigenvalue weighted by Crippen LogP contribution is -2.64. The second kappa shape index (κ2) is 6.70. The number of hydrogen-bond donors (Lipinski definition) is 0. The van der Waals surface area contributed by atoms with E-state index < -0.39 is 53.8 Å². The summed E-state index contributed by atoms with van der Waals surface area (Å²) in [5.74, 6) is -40.4. The Hall–Kier alpha value is -2.03. The molecule has 0 fully saturated rings. The van der Waals surface area contributed by atoms with Crippen LogP contribution in [0, 0.1) is 0 Å². The minimum absolute atomic E-state index is 1.59. The average molecular weight is 402 g/mol. The van der Waals surface area contributed by atoms with E-state index in [1.165, 1.54) is 0 Å². The molecule has 0 aromatic rings. The molecule has 0 heterocycles. The number of rotatable bonds is 8. The molecular formula is C9H2F12O4. The molecule has 0 rings (SSSR count). The molecule has 0 saturated carbocycles. The van der Waals surface area contributed by atoms with Crippen molar-refractivity contribution < 1.29 is 72.1 Å². The van der Waals surface area contributed by atoms with Crippen LogP contribution in [0.1, 0.15) is 0 Å². The first-order chi connectivity index (χ1) is 10.9. The summed E-state index contributed by atoms with van der Waals surface area (Å²) < 4.78 is 151. The number of carbonyl (C=O) groups excluding carboxylic acids is 3. The van der Waals surface area contributed by atoms with Gasteiger partial charge in [-0.1, -0.05) is 0 Å². The van der Waals surface area contributed by atoms with Crippen LogP contribution < -0.4 is 0 Å². The van der Waals surface area contributed by atoms with Gasteiger partial charge < -0.3 is 0 Å². The second-order valence-corrected chi connectivity index (χ2v) is 4.11. The monoisotopic (exact) mass is 402 g/mol. The third-order valence-electron chi connectivity index (χ3n) is 2.49. The van der Waals surface area contributed by atoms with Gasteiger partial charge >= 0.3 is 29.7 Å². The Labute approximate surface area is 127 Å². The fourth-order valence-electron chi connectivity index (χ4n) is 1.12. The normalized spacial score (nSPS) is 15.1. The third-order valence-corrected chi connectivity index (χ3v) is 2.49. The first-order valence-electron chi connectivity index (χ1n) is 5.25. The maximum Gasteiger partial charge on any atom is 0.424 e. The summed E-state index contributed by atoms with van der Waals surface area (Å²) >= 11 is 0. The van der Waals surface area contributed by atoms with Crippen LogP contribution in [-0.4, -0.2) is 53.8 Å². The van der Waals surface area contributed by atoms with Crippen molar-refractivity contribution in [2.75, 3.05) is 0 Å². The molecule has 0 aliphatic heterocycles. The van der Waals surface area contributed by atoms with Gasteiger partial charge in [0.2, 0.25) is 12.0 Å². The largest absolute Gasteiger partial charge is 0.424 e. The third kappa shape index (κ3) is 3.51. The van der Waals surface area contributed by atoms with E-state index in [2.05, 4.69) is 0 Å². The van der Waals surface area contributed by atoms with Crippen molar-refractivity contribution in [1.29, 1.82) is 0 Å². The van der Waals surface area contributed by atoms with Crippen molar-refractivity contribution >= 4 is 17.5 Å². The molecule has 0 amide bonds. The van der Waals surface area contributed by atoms with E-state index >= 15 is 0 Å². The van der Waals surface area contributed by atoms with Crippen molar-refractivity contribution in [2.24, 2.45) is 0 Å². The number of hydrogen-bond acceptors (Lipinski definition) is 4. The fraction of sp³-hybridized carbons (Fsp3) is 0.667. The molecule has 0 radical (unpaired) electrons. The molecule has 0 N–H and O–H groups in total. The lowest BCUT2D eigenvalue weighted by atomic mass is 9.94. The van der Waals surface area contributed by atoms with Gasteiger partial charge in [-0.05, 0) is 0 Å². The fourth-order valence-corrected chi connectivity index (χ4v) is 1.12. The zero-order valence-electron chi connectivity index (χ0n) is 10.8. The zero-order chi connectivity index (χ0) is 20.6. The lowest BCUT2D eigenvalue weighted by molar-refractivity contribution is -0.272. The Bertz CT molecular complexity index is 557. The van der Waals surface area contributed by atoms with Crippen LogP contribution in [-0.2, 0) is 19.3 Å². The summed E-state index contributed by atoms with van der Waals surface area (Å²) in [7, 11) is 0. The molecule has 0 saturated heterocycles. The first kappa shape index (κ1) is 23.0. The Morgan fingerprint density at radius 3 is 1.44 bits per heavy atom. The molecule has 0 spiro atoms. The van der Waals surface area contributed by atoms with Gasteiger partial charge in [-0.25, -0.2) is 22.9 Å². The quantitative estimate of drug-likeness (QED) is 0.586. The van der Waals surface area contributed by atoms with Crippen LogP contribution in [0.5, 0.6) is 0 Å². The van der Waals surface area contributed by atoms with Gasteiger partial charge in [-0.2, -0.15) is 35.1 Å². The number of carbonyl (C=O) groups is 3. The molecule has 146 valence electrons. The standard InChI is InChI=1S/C9H2F12O4/c10-2(1(22)3(11)12)6(13,14)7(15,16)4(23)8(17,18)9(19,20)5(24)25-21/h2-3H. The summed E-state index contributed by atoms with van der Waals surface area (Å²) in [6.45, 7) is 0. The van der Waals surface area contributed by atoms with Gasteiger partial charge in [0.05, 0.1) is 0 Å². The van der Waals surface area contributed by atoms with Crippen molar-refractivity contribution in [2.45, 2.75) is 36.3 Å². The number of ketones is 2. The highest BCUT2D eigenvalue weighted by atomic mass is 19.3. The van der Waals surface area contributed by atoms with E-state index in [4.69, 9.17) is 0 Å². The molecular weight excluding hydrogens is 400 g/mol. The first-order valence-corrected chi connectivity index (χ1v) is 5.25. The van der Waals surface area contributed by atoms with E-state index in [0.717, 1.165) is 0 Å². The Balaban J connectivity index is 6.04. The number of alkyl halides is 11. The molecule has 0 aliphatic carbocycles. The van der Waals surface area contributed by atoms with Crippen molar-refractivity contribution in [3.63, 3.8) is 0 Å². The molecule has 4 nitrogen and oxygen atoms in total. The average Bonchev–Trinajstić information content (AvgIpc) is 2.50. The molecule has 1 atom stereocenters. The van der Waals surface area contributed by atoms with Gasteiger partial charge in [0.15, 0.2) is 0 Å². The second-order valence-electron chi connectivity index (χ2n) is 4.11. The maximum atomic E-state index is 13.1. The topological polar surface area (TPSA) is 60.4 Å². The molecule has 0 aromatic heterocycles. The van der Waals surface area contributed by atoms with Crippen LogP contribution in [0.3, 0.4) is 0 Å². The summed E-state index contributed by atoms with van der Waals surface area (Å²) in [6, 6.07) is 0. The minimum atomic E-state index is -7.19. The van der Waals surface area contributed by atoms with Crippen LogP contribution in [0.15, 0.2) is 0 Å². The van der Waals surface area contributed by atoms with Crippen molar-refractivity contribution in [3.8, 4) is 0 Å². The Kier molecular flexibility index (Phi) is 6.16. The highest BCUT2D eigenvalue weighted by molar-refractivity contribution is 5.99. The summed E-state index contributed by atoms with van der Waals surface area (Å²) in [5.41, 5.74) is 0. The molecule has 0 aliphatic rings. The van der Waals surface area contributed by atoms with Gasteiger partial charge in [0.1, 0.15) is 0 Å². The smallest absolute Gasteiger partial charge is 0.290 e. The molecule has 0 aromatic carbocycles. The van der Waals surface area contributed by atoms with Gasteiger partial charge in [-0.15, -0.1) is 0 Å². The van der Waals surface area contributed by atoms with Crippen LogP contribution in [0.4, 0.5) is 52.8 Å². The Morgan fingerprint density at radius 2 is 1.12 bits per heavy atom.